The highest BCUT2D eigenvalue weighted by Gasteiger charge is 2.20. The summed E-state index contributed by atoms with van der Waals surface area (Å²) < 4.78 is 13.4. The zero-order valence-corrected chi connectivity index (χ0v) is 11.4. The third-order valence-corrected chi connectivity index (χ3v) is 3.81. The van der Waals surface area contributed by atoms with Gasteiger partial charge in [0.15, 0.2) is 0 Å². The number of hydrogen-bond acceptors (Lipinski definition) is 1. The summed E-state index contributed by atoms with van der Waals surface area (Å²) in [6.45, 7) is 3.96. The van der Waals surface area contributed by atoms with Crippen LogP contribution in [0.3, 0.4) is 0 Å². The first kappa shape index (κ1) is 12.9. The molecule has 0 saturated heterocycles. The summed E-state index contributed by atoms with van der Waals surface area (Å²) in [4.78, 5) is 0. The number of aromatic hydroxyl groups is 1. The molecule has 0 aromatic heterocycles. The van der Waals surface area contributed by atoms with Gasteiger partial charge in [0.05, 0.1) is 0 Å². The minimum absolute atomic E-state index is 0.216. The van der Waals surface area contributed by atoms with Gasteiger partial charge in [0, 0.05) is 17.0 Å². The van der Waals surface area contributed by atoms with Gasteiger partial charge < -0.3 is 5.11 Å². The molecule has 1 N–H and O–H groups in total. The first-order valence-corrected chi connectivity index (χ1v) is 6.60. The molecular weight excluding hydrogens is 275 g/mol. The van der Waals surface area contributed by atoms with Crippen LogP contribution in [0, 0.1) is 5.82 Å². The number of hydrogen-bond donors (Lipinski definition) is 1. The molecule has 0 spiro atoms. The van der Waals surface area contributed by atoms with E-state index in [1.165, 1.54) is 12.1 Å². The van der Waals surface area contributed by atoms with Crippen molar-refractivity contribution in [3.05, 3.63) is 76.6 Å². The molecule has 0 unspecified atom stereocenters. The van der Waals surface area contributed by atoms with E-state index in [0.29, 0.717) is 17.0 Å². The van der Waals surface area contributed by atoms with Crippen LogP contribution < -0.4 is 0 Å². The molecule has 0 heterocycles. The van der Waals surface area contributed by atoms with E-state index in [-0.39, 0.29) is 11.6 Å². The third kappa shape index (κ3) is 2.12. The molecule has 0 atom stereocenters. The van der Waals surface area contributed by atoms with Crippen molar-refractivity contribution in [3.63, 3.8) is 0 Å². The minimum atomic E-state index is -0.366. The van der Waals surface area contributed by atoms with E-state index >= 15 is 0 Å². The smallest absolute Gasteiger partial charge is 0.125 e. The van der Waals surface area contributed by atoms with E-state index in [1.54, 1.807) is 12.1 Å². The van der Waals surface area contributed by atoms with Crippen LogP contribution in [-0.4, -0.2) is 5.11 Å². The molecule has 0 saturated carbocycles. The lowest BCUT2D eigenvalue weighted by molar-refractivity contribution is 0.473. The van der Waals surface area contributed by atoms with Crippen LogP contribution >= 0.6 is 11.6 Å². The molecule has 1 aliphatic carbocycles. The molecule has 0 radical (unpaired) electrons. The van der Waals surface area contributed by atoms with Crippen molar-refractivity contribution in [3.8, 4) is 5.75 Å². The van der Waals surface area contributed by atoms with Crippen LogP contribution in [0.15, 0.2) is 49.1 Å². The van der Waals surface area contributed by atoms with Gasteiger partial charge in [-0.25, -0.2) is 4.39 Å². The van der Waals surface area contributed by atoms with Crippen LogP contribution in [-0.2, 0) is 6.42 Å². The fourth-order valence-corrected chi connectivity index (χ4v) is 2.79. The van der Waals surface area contributed by atoms with Crippen molar-refractivity contribution >= 4 is 22.7 Å². The number of benzene rings is 2. The predicted molar refractivity (Wildman–Crippen MR) is 80.2 cm³/mol. The number of phenolic OH excluding ortho intramolecular Hbond substituents is 1. The number of phenols is 1. The number of halogens is 2. The Morgan fingerprint density at radius 1 is 1.15 bits per heavy atom. The molecule has 20 heavy (non-hydrogen) atoms. The number of allylic oxidation sites excluding steroid dienone is 3. The number of rotatable bonds is 1. The van der Waals surface area contributed by atoms with Gasteiger partial charge in [-0.15, -0.1) is 0 Å². The molecule has 100 valence electrons. The molecule has 0 bridgehead atoms. The van der Waals surface area contributed by atoms with Crippen LogP contribution in [0.1, 0.15) is 16.7 Å². The molecule has 3 heteroatoms. The summed E-state index contributed by atoms with van der Waals surface area (Å²) in [5.74, 6) is -0.150. The standard InChI is InChI=1S/C17H12ClFO/c1-10-6-11(13-4-2-3-5-17(13)20)7-15-14(10)8-12(19)9-16(15)18/h2-6,8-9,20H,1,7H2. The average molecular weight is 287 g/mol. The van der Waals surface area contributed by atoms with E-state index in [9.17, 15) is 9.50 Å². The van der Waals surface area contributed by atoms with Gasteiger partial charge in [-0.1, -0.05) is 42.5 Å². The van der Waals surface area contributed by atoms with E-state index in [0.717, 1.165) is 22.3 Å². The Labute approximate surface area is 121 Å². The SMILES string of the molecule is C=C1C=C(c2ccccc2O)Cc2c(Cl)cc(F)cc21. The molecule has 2 aromatic rings. The highest BCUT2D eigenvalue weighted by atomic mass is 35.5. The van der Waals surface area contributed by atoms with Gasteiger partial charge in [0.1, 0.15) is 11.6 Å². The molecular formula is C17H12ClFO. The van der Waals surface area contributed by atoms with Crippen molar-refractivity contribution in [2.75, 3.05) is 0 Å². The van der Waals surface area contributed by atoms with Crippen molar-refractivity contribution in [1.29, 1.82) is 0 Å². The third-order valence-electron chi connectivity index (χ3n) is 3.47. The highest BCUT2D eigenvalue weighted by molar-refractivity contribution is 6.31. The Hall–Kier alpha value is -2.06. The summed E-state index contributed by atoms with van der Waals surface area (Å²) >= 11 is 6.13. The van der Waals surface area contributed by atoms with Gasteiger partial charge in [-0.05, 0) is 40.5 Å². The van der Waals surface area contributed by atoms with Crippen LogP contribution in [0.4, 0.5) is 4.39 Å². The van der Waals surface area contributed by atoms with Crippen molar-refractivity contribution in [2.45, 2.75) is 6.42 Å². The topological polar surface area (TPSA) is 20.2 Å². The maximum atomic E-state index is 13.4. The molecule has 0 fully saturated rings. The molecule has 2 aromatic carbocycles. The lowest BCUT2D eigenvalue weighted by Gasteiger charge is -2.21. The number of para-hydroxylation sites is 1. The van der Waals surface area contributed by atoms with Gasteiger partial charge in [0.25, 0.3) is 0 Å². The fraction of sp³-hybridized carbons (Fsp3) is 0.0588. The summed E-state index contributed by atoms with van der Waals surface area (Å²) in [6, 6.07) is 9.87. The molecule has 0 aliphatic heterocycles. The zero-order valence-electron chi connectivity index (χ0n) is 10.7. The Morgan fingerprint density at radius 3 is 2.65 bits per heavy atom. The second kappa shape index (κ2) is 4.80. The van der Waals surface area contributed by atoms with E-state index in [4.69, 9.17) is 11.6 Å². The fourth-order valence-electron chi connectivity index (χ4n) is 2.52. The molecule has 0 amide bonds. The first-order chi connectivity index (χ1) is 9.56. The lowest BCUT2D eigenvalue weighted by atomic mass is 9.85. The van der Waals surface area contributed by atoms with Gasteiger partial charge in [-0.3, -0.25) is 0 Å². The Kier molecular flexibility index (Phi) is 3.11. The second-order valence-corrected chi connectivity index (χ2v) is 5.21. The lowest BCUT2D eigenvalue weighted by Crippen LogP contribution is -2.03. The maximum absolute atomic E-state index is 13.4. The number of fused-ring (bicyclic) bond motifs is 1. The quantitative estimate of drug-likeness (QED) is 0.795. The van der Waals surface area contributed by atoms with E-state index in [2.05, 4.69) is 6.58 Å². The van der Waals surface area contributed by atoms with Crippen LogP contribution in [0.25, 0.3) is 11.1 Å². The van der Waals surface area contributed by atoms with Gasteiger partial charge >= 0.3 is 0 Å². The zero-order chi connectivity index (χ0) is 14.3. The highest BCUT2D eigenvalue weighted by Crippen LogP contribution is 2.39. The Morgan fingerprint density at radius 2 is 1.90 bits per heavy atom. The summed E-state index contributed by atoms with van der Waals surface area (Å²) in [7, 11) is 0. The largest absolute Gasteiger partial charge is 0.507 e. The van der Waals surface area contributed by atoms with Crippen molar-refractivity contribution in [1.82, 2.24) is 0 Å². The van der Waals surface area contributed by atoms with Crippen LogP contribution in [0.2, 0.25) is 5.02 Å². The maximum Gasteiger partial charge on any atom is 0.125 e. The molecule has 1 aliphatic rings. The Bertz CT molecular complexity index is 747. The summed E-state index contributed by atoms with van der Waals surface area (Å²) in [5, 5.41) is 10.3. The first-order valence-electron chi connectivity index (χ1n) is 6.22. The van der Waals surface area contributed by atoms with Crippen molar-refractivity contribution < 1.29 is 9.50 Å². The Balaban J connectivity index is 2.12. The predicted octanol–water partition coefficient (Wildman–Crippen LogP) is 4.84. The molecule has 3 rings (SSSR count). The second-order valence-electron chi connectivity index (χ2n) is 4.80. The molecule has 1 nitrogen and oxygen atoms in total. The average Bonchev–Trinajstić information content (AvgIpc) is 2.40. The van der Waals surface area contributed by atoms with E-state index in [1.807, 2.05) is 18.2 Å². The van der Waals surface area contributed by atoms with Gasteiger partial charge in [-0.2, -0.15) is 0 Å². The summed E-state index contributed by atoms with van der Waals surface area (Å²) in [6.07, 6.45) is 2.41. The van der Waals surface area contributed by atoms with Gasteiger partial charge in [0.2, 0.25) is 0 Å². The minimum Gasteiger partial charge on any atom is -0.507 e. The van der Waals surface area contributed by atoms with E-state index < -0.39 is 0 Å². The summed E-state index contributed by atoms with van der Waals surface area (Å²) in [5.41, 5.74) is 3.95. The monoisotopic (exact) mass is 286 g/mol. The van der Waals surface area contributed by atoms with Crippen LogP contribution in [0.5, 0.6) is 5.75 Å². The normalized spacial score (nSPS) is 13.9. The van der Waals surface area contributed by atoms with Crippen molar-refractivity contribution in [2.24, 2.45) is 0 Å².